The number of carbonyl (C=O) groups excluding carboxylic acids is 1. The van der Waals surface area contributed by atoms with E-state index in [0.717, 1.165) is 24.0 Å². The summed E-state index contributed by atoms with van der Waals surface area (Å²) in [5.41, 5.74) is 3.17. The summed E-state index contributed by atoms with van der Waals surface area (Å²) in [6.45, 7) is 4.15. The van der Waals surface area contributed by atoms with Crippen LogP contribution in [0.5, 0.6) is 5.75 Å². The summed E-state index contributed by atoms with van der Waals surface area (Å²) in [6.07, 6.45) is 5.15. The average molecular weight is 243 g/mol. The Kier molecular flexibility index (Phi) is 4.21. The summed E-state index contributed by atoms with van der Waals surface area (Å²) in [4.78, 5) is 11.3. The molecule has 18 heavy (non-hydrogen) atoms. The number of hydrogen-bond acceptors (Lipinski definition) is 2. The Labute approximate surface area is 107 Å². The van der Waals surface area contributed by atoms with Crippen molar-refractivity contribution in [2.75, 3.05) is 11.9 Å². The van der Waals surface area contributed by atoms with Crippen molar-refractivity contribution >= 4 is 11.6 Å². The van der Waals surface area contributed by atoms with Crippen molar-refractivity contribution in [1.29, 1.82) is 0 Å². The van der Waals surface area contributed by atoms with E-state index in [0.29, 0.717) is 0 Å². The van der Waals surface area contributed by atoms with Crippen molar-refractivity contribution in [3.8, 4) is 5.75 Å². The summed E-state index contributed by atoms with van der Waals surface area (Å²) in [5.74, 6) is 1.34. The Balaban J connectivity index is 1.84. The highest BCUT2D eigenvalue weighted by atomic mass is 16.5. The number of carbonyl (C=O) groups is 1. The molecule has 0 aromatic heterocycles. The molecule has 1 saturated carbocycles. The molecule has 0 spiro atoms. The van der Waals surface area contributed by atoms with Crippen molar-refractivity contribution < 1.29 is 9.53 Å². The van der Waals surface area contributed by atoms with Crippen LogP contribution in [0.25, 0.3) is 0 Å². The maximum atomic E-state index is 11.3. The molecule has 3 heteroatoms. The van der Waals surface area contributed by atoms with Crippen LogP contribution >= 0.6 is 0 Å². The van der Waals surface area contributed by atoms with Gasteiger partial charge in [0, 0.05) is 11.8 Å². The lowest BCUT2D eigenvalue weighted by atomic mass is 9.86. The van der Waals surface area contributed by atoms with Gasteiger partial charge < -0.3 is 10.1 Å². The lowest BCUT2D eigenvalue weighted by Gasteiger charge is -2.25. The summed E-state index contributed by atoms with van der Waals surface area (Å²) < 4.78 is 5.67. The van der Waals surface area contributed by atoms with Crippen LogP contribution in [0.1, 0.15) is 19.3 Å². The van der Waals surface area contributed by atoms with Gasteiger partial charge in [0.1, 0.15) is 5.75 Å². The largest absolute Gasteiger partial charge is 0.493 e. The third-order valence-corrected chi connectivity index (χ3v) is 3.07. The third-order valence-electron chi connectivity index (χ3n) is 3.07. The molecule has 1 amide bonds. The first-order chi connectivity index (χ1) is 8.78. The van der Waals surface area contributed by atoms with Gasteiger partial charge in [-0.15, -0.1) is 5.73 Å². The maximum Gasteiger partial charge on any atom is 0.256 e. The van der Waals surface area contributed by atoms with Crippen molar-refractivity contribution in [2.24, 2.45) is 5.92 Å². The second-order valence-corrected chi connectivity index (χ2v) is 4.47. The molecule has 0 aliphatic heterocycles. The Morgan fingerprint density at radius 2 is 2.17 bits per heavy atom. The number of rotatable bonds is 5. The monoisotopic (exact) mass is 243 g/mol. The van der Waals surface area contributed by atoms with Crippen LogP contribution in [0.15, 0.2) is 42.7 Å². The molecule has 94 valence electrons. The molecule has 0 saturated heterocycles. The quantitative estimate of drug-likeness (QED) is 0.637. The Bertz CT molecular complexity index is 454. The van der Waals surface area contributed by atoms with Gasteiger partial charge in [-0.25, -0.2) is 0 Å². The molecular weight excluding hydrogens is 226 g/mol. The fourth-order valence-electron chi connectivity index (χ4n) is 1.78. The van der Waals surface area contributed by atoms with Gasteiger partial charge in [-0.3, -0.25) is 4.79 Å². The number of benzene rings is 1. The van der Waals surface area contributed by atoms with E-state index in [1.807, 2.05) is 24.3 Å². The molecule has 1 aliphatic rings. The van der Waals surface area contributed by atoms with E-state index in [2.05, 4.69) is 17.6 Å². The average Bonchev–Trinajstić information content (AvgIpc) is 2.29. The van der Waals surface area contributed by atoms with Crippen LogP contribution in [-0.2, 0) is 4.79 Å². The van der Waals surface area contributed by atoms with Crippen LogP contribution in [0, 0.1) is 5.92 Å². The SMILES string of the molecule is C=C=CC(=O)Nc1ccc(OCC2CCC2)cc1. The molecule has 0 atom stereocenters. The number of amides is 1. The van der Waals surface area contributed by atoms with Gasteiger partial charge in [0.05, 0.1) is 6.61 Å². The first kappa shape index (κ1) is 12.5. The fraction of sp³-hybridized carbons (Fsp3) is 0.333. The second-order valence-electron chi connectivity index (χ2n) is 4.47. The highest BCUT2D eigenvalue weighted by Gasteiger charge is 2.17. The van der Waals surface area contributed by atoms with Crippen molar-refractivity contribution in [3.63, 3.8) is 0 Å². The predicted octanol–water partition coefficient (Wildman–Crippen LogP) is 3.15. The molecule has 0 radical (unpaired) electrons. The zero-order valence-corrected chi connectivity index (χ0v) is 10.3. The smallest absolute Gasteiger partial charge is 0.256 e. The van der Waals surface area contributed by atoms with Gasteiger partial charge in [-0.2, -0.15) is 0 Å². The number of ether oxygens (including phenoxy) is 1. The molecule has 1 aromatic rings. The normalized spacial score (nSPS) is 14.2. The molecule has 0 heterocycles. The van der Waals surface area contributed by atoms with Crippen LogP contribution in [0.4, 0.5) is 5.69 Å². The molecule has 1 N–H and O–H groups in total. The maximum absolute atomic E-state index is 11.3. The standard InChI is InChI=1S/C15H17NO2/c1-2-4-15(17)16-13-7-9-14(10-8-13)18-11-12-5-3-6-12/h4,7-10,12H,1,3,5-6,11H2,(H,16,17). The fourth-order valence-corrected chi connectivity index (χ4v) is 1.78. The van der Waals surface area contributed by atoms with E-state index in [4.69, 9.17) is 4.74 Å². The third kappa shape index (κ3) is 3.51. The lowest BCUT2D eigenvalue weighted by molar-refractivity contribution is -0.111. The Morgan fingerprint density at radius 3 is 2.72 bits per heavy atom. The Hall–Kier alpha value is -1.99. The van der Waals surface area contributed by atoms with E-state index in [9.17, 15) is 4.79 Å². The Morgan fingerprint density at radius 1 is 1.44 bits per heavy atom. The van der Waals surface area contributed by atoms with Crippen LogP contribution in [0.3, 0.4) is 0 Å². The predicted molar refractivity (Wildman–Crippen MR) is 71.6 cm³/mol. The number of anilines is 1. The van der Waals surface area contributed by atoms with Crippen molar-refractivity contribution in [3.05, 3.63) is 42.7 Å². The molecule has 0 unspecified atom stereocenters. The molecule has 1 aromatic carbocycles. The van der Waals surface area contributed by atoms with Gasteiger partial charge in [-0.05, 0) is 43.0 Å². The molecule has 1 aliphatic carbocycles. The zero-order valence-electron chi connectivity index (χ0n) is 10.3. The van der Waals surface area contributed by atoms with Gasteiger partial charge in [0.2, 0.25) is 0 Å². The first-order valence-corrected chi connectivity index (χ1v) is 6.17. The summed E-state index contributed by atoms with van der Waals surface area (Å²) in [5, 5.41) is 2.70. The zero-order chi connectivity index (χ0) is 12.8. The second kappa shape index (κ2) is 6.08. The first-order valence-electron chi connectivity index (χ1n) is 6.17. The van der Waals surface area contributed by atoms with Gasteiger partial charge in [0.25, 0.3) is 5.91 Å². The number of nitrogens with one attached hydrogen (secondary N) is 1. The lowest BCUT2D eigenvalue weighted by Crippen LogP contribution is -2.19. The molecule has 2 rings (SSSR count). The van der Waals surface area contributed by atoms with Gasteiger partial charge in [0.15, 0.2) is 0 Å². The molecular formula is C15H17NO2. The van der Waals surface area contributed by atoms with Crippen LogP contribution in [0.2, 0.25) is 0 Å². The highest BCUT2D eigenvalue weighted by molar-refractivity contribution is 5.99. The minimum atomic E-state index is -0.229. The van der Waals surface area contributed by atoms with E-state index in [1.165, 1.54) is 25.3 Å². The van der Waals surface area contributed by atoms with Crippen LogP contribution < -0.4 is 10.1 Å². The van der Waals surface area contributed by atoms with Gasteiger partial charge >= 0.3 is 0 Å². The molecule has 1 fully saturated rings. The van der Waals surface area contributed by atoms with E-state index < -0.39 is 0 Å². The topological polar surface area (TPSA) is 38.3 Å². The minimum absolute atomic E-state index is 0.229. The summed E-state index contributed by atoms with van der Waals surface area (Å²) in [6, 6.07) is 7.38. The van der Waals surface area contributed by atoms with E-state index in [1.54, 1.807) is 0 Å². The van der Waals surface area contributed by atoms with E-state index in [-0.39, 0.29) is 5.91 Å². The highest BCUT2D eigenvalue weighted by Crippen LogP contribution is 2.27. The van der Waals surface area contributed by atoms with Gasteiger partial charge in [-0.1, -0.05) is 13.0 Å². The van der Waals surface area contributed by atoms with Crippen LogP contribution in [-0.4, -0.2) is 12.5 Å². The van der Waals surface area contributed by atoms with E-state index >= 15 is 0 Å². The number of hydrogen-bond donors (Lipinski definition) is 1. The minimum Gasteiger partial charge on any atom is -0.493 e. The van der Waals surface area contributed by atoms with Crippen molar-refractivity contribution in [1.82, 2.24) is 0 Å². The molecule has 0 bridgehead atoms. The summed E-state index contributed by atoms with van der Waals surface area (Å²) in [7, 11) is 0. The molecule has 3 nitrogen and oxygen atoms in total. The van der Waals surface area contributed by atoms with Crippen molar-refractivity contribution in [2.45, 2.75) is 19.3 Å². The summed E-state index contributed by atoms with van der Waals surface area (Å²) >= 11 is 0.